The molecule has 0 unspecified atom stereocenters. The molecule has 3 heterocycles. The maximum absolute atomic E-state index is 13.6. The number of aryl methyl sites for hydroxylation is 2. The molecular weight excluding hydrogens is 452 g/mol. The summed E-state index contributed by atoms with van der Waals surface area (Å²) in [5.41, 5.74) is 2.73. The van der Waals surface area contributed by atoms with Crippen molar-refractivity contribution in [2.75, 3.05) is 18.1 Å². The molecule has 7 nitrogen and oxygen atoms in total. The maximum atomic E-state index is 13.6. The molecule has 162 valence electrons. The number of rotatable bonds is 5. The molecule has 2 aromatic heterocycles. The number of aromatic nitrogens is 2. The molecule has 0 bridgehead atoms. The Bertz CT molecular complexity index is 1220. The Kier molecular flexibility index (Phi) is 6.68. The van der Waals surface area contributed by atoms with Gasteiger partial charge in [0, 0.05) is 6.54 Å². The zero-order valence-corrected chi connectivity index (χ0v) is 19.6. The van der Waals surface area contributed by atoms with E-state index in [1.165, 1.54) is 0 Å². The lowest BCUT2D eigenvalue weighted by molar-refractivity contribution is -0.117. The van der Waals surface area contributed by atoms with Crippen molar-refractivity contribution < 1.29 is 9.59 Å². The van der Waals surface area contributed by atoms with Crippen molar-refractivity contribution in [2.45, 2.75) is 36.1 Å². The first-order valence-electron chi connectivity index (χ1n) is 9.96. The lowest BCUT2D eigenvalue weighted by atomic mass is 10.1. The number of carbonyl (C=O) groups is 2. The summed E-state index contributed by atoms with van der Waals surface area (Å²) >= 11 is 4.48. The maximum Gasteiger partial charge on any atom is 0.321 e. The van der Waals surface area contributed by atoms with E-state index in [1.54, 1.807) is 34.6 Å². The van der Waals surface area contributed by atoms with Gasteiger partial charge in [0.1, 0.15) is 4.83 Å². The van der Waals surface area contributed by atoms with Gasteiger partial charge in [0.2, 0.25) is 5.91 Å². The van der Waals surface area contributed by atoms with Crippen LogP contribution in [0.25, 0.3) is 15.9 Å². The molecule has 10 heteroatoms. The van der Waals surface area contributed by atoms with Crippen molar-refractivity contribution in [1.29, 1.82) is 0 Å². The lowest BCUT2D eigenvalue weighted by Gasteiger charge is -2.14. The summed E-state index contributed by atoms with van der Waals surface area (Å²) in [7, 11) is 0. The summed E-state index contributed by atoms with van der Waals surface area (Å²) in [4.78, 5) is 42.9. The number of imide groups is 1. The average molecular weight is 475 g/mol. The second-order valence-electron chi connectivity index (χ2n) is 7.07. The molecule has 4 rings (SSSR count). The topological polar surface area (TPSA) is 93.1 Å². The van der Waals surface area contributed by atoms with Crippen LogP contribution in [0.15, 0.2) is 38.4 Å². The van der Waals surface area contributed by atoms with Crippen LogP contribution in [0.2, 0.25) is 0 Å². The van der Waals surface area contributed by atoms with Gasteiger partial charge in [-0.05, 0) is 55.7 Å². The smallest absolute Gasteiger partial charge is 0.321 e. The zero-order valence-electron chi connectivity index (χ0n) is 17.2. The van der Waals surface area contributed by atoms with Crippen LogP contribution in [0, 0.1) is 6.92 Å². The second kappa shape index (κ2) is 9.46. The van der Waals surface area contributed by atoms with E-state index >= 15 is 0 Å². The summed E-state index contributed by atoms with van der Waals surface area (Å²) in [5.74, 6) is 0.580. The predicted octanol–water partition coefficient (Wildman–Crippen LogP) is 3.73. The molecule has 0 spiro atoms. The second-order valence-corrected chi connectivity index (χ2v) is 10.4. The summed E-state index contributed by atoms with van der Waals surface area (Å²) in [6.07, 6.45) is 1.93. The number of carbonyl (C=O) groups excluding carboxylic acids is 2. The highest BCUT2D eigenvalue weighted by Gasteiger charge is 2.24. The fourth-order valence-corrected chi connectivity index (χ4v) is 6.80. The molecule has 0 fully saturated rings. The van der Waals surface area contributed by atoms with Crippen molar-refractivity contribution in [1.82, 2.24) is 20.2 Å². The van der Waals surface area contributed by atoms with E-state index in [9.17, 15) is 14.4 Å². The van der Waals surface area contributed by atoms with E-state index in [1.807, 2.05) is 31.2 Å². The van der Waals surface area contributed by atoms with Gasteiger partial charge in [-0.3, -0.25) is 19.5 Å². The fourth-order valence-electron chi connectivity index (χ4n) is 3.41. The van der Waals surface area contributed by atoms with Crippen molar-refractivity contribution >= 4 is 57.0 Å². The SMILES string of the molecule is CCNC(=O)NC(=O)CSc1nc2sc3c(c2c(=O)n1-c1cccc(C)c1)CCCS3. The minimum absolute atomic E-state index is 0.0270. The van der Waals surface area contributed by atoms with Crippen LogP contribution in [0.5, 0.6) is 0 Å². The molecular formula is C21H22N4O3S3. The van der Waals surface area contributed by atoms with Crippen LogP contribution in [-0.2, 0) is 11.2 Å². The monoisotopic (exact) mass is 474 g/mol. The van der Waals surface area contributed by atoms with Crippen molar-refractivity contribution in [3.05, 3.63) is 45.7 Å². The van der Waals surface area contributed by atoms with Gasteiger partial charge in [-0.15, -0.1) is 23.1 Å². The van der Waals surface area contributed by atoms with E-state index in [-0.39, 0.29) is 11.3 Å². The van der Waals surface area contributed by atoms with E-state index in [2.05, 4.69) is 10.6 Å². The van der Waals surface area contributed by atoms with E-state index in [4.69, 9.17) is 4.98 Å². The Labute approximate surface area is 192 Å². The molecule has 1 aromatic carbocycles. The van der Waals surface area contributed by atoms with Gasteiger partial charge in [-0.2, -0.15) is 0 Å². The van der Waals surface area contributed by atoms with Gasteiger partial charge in [0.15, 0.2) is 5.16 Å². The van der Waals surface area contributed by atoms with Gasteiger partial charge in [0.05, 0.1) is 21.0 Å². The van der Waals surface area contributed by atoms with Crippen molar-refractivity contribution in [3.63, 3.8) is 0 Å². The van der Waals surface area contributed by atoms with Crippen LogP contribution in [-0.4, -0.2) is 39.5 Å². The highest BCUT2D eigenvalue weighted by molar-refractivity contribution is 8.01. The minimum atomic E-state index is -0.532. The van der Waals surface area contributed by atoms with Crippen LogP contribution < -0.4 is 16.2 Å². The Balaban J connectivity index is 1.76. The van der Waals surface area contributed by atoms with Gasteiger partial charge >= 0.3 is 6.03 Å². The van der Waals surface area contributed by atoms with Crippen LogP contribution in [0.3, 0.4) is 0 Å². The average Bonchev–Trinajstić information content (AvgIpc) is 3.11. The Morgan fingerprint density at radius 3 is 2.94 bits per heavy atom. The van der Waals surface area contributed by atoms with Crippen molar-refractivity contribution in [3.8, 4) is 5.69 Å². The predicted molar refractivity (Wildman–Crippen MR) is 127 cm³/mol. The number of hydrogen-bond donors (Lipinski definition) is 2. The molecule has 0 saturated carbocycles. The number of hydrogen-bond acceptors (Lipinski definition) is 7. The summed E-state index contributed by atoms with van der Waals surface area (Å²) < 4.78 is 2.75. The number of thiophene rings is 1. The first-order valence-corrected chi connectivity index (χ1v) is 12.8. The van der Waals surface area contributed by atoms with Gasteiger partial charge in [-0.1, -0.05) is 23.9 Å². The number of benzene rings is 1. The normalized spacial score (nSPS) is 13.1. The third-order valence-corrected chi connectivity index (χ3v) is 8.21. The molecule has 0 aliphatic carbocycles. The summed E-state index contributed by atoms with van der Waals surface area (Å²) in [5, 5.41) is 5.94. The summed E-state index contributed by atoms with van der Waals surface area (Å²) in [6.45, 7) is 4.17. The van der Waals surface area contributed by atoms with Crippen LogP contribution in [0.1, 0.15) is 24.5 Å². The molecule has 0 radical (unpaired) electrons. The number of nitrogens with one attached hydrogen (secondary N) is 2. The number of nitrogens with zero attached hydrogens (tertiary/aromatic N) is 2. The number of amides is 3. The van der Waals surface area contributed by atoms with Gasteiger partial charge < -0.3 is 5.32 Å². The van der Waals surface area contributed by atoms with E-state index in [0.29, 0.717) is 21.9 Å². The number of urea groups is 1. The Hall–Kier alpha value is -2.30. The fraction of sp³-hybridized carbons (Fsp3) is 0.333. The van der Waals surface area contributed by atoms with Gasteiger partial charge in [-0.25, -0.2) is 9.78 Å². The number of thioether (sulfide) groups is 2. The zero-order chi connectivity index (χ0) is 22.0. The molecule has 1 aliphatic heterocycles. The van der Waals surface area contributed by atoms with E-state index in [0.717, 1.165) is 51.4 Å². The van der Waals surface area contributed by atoms with Crippen LogP contribution >= 0.6 is 34.9 Å². The third kappa shape index (κ3) is 4.65. The highest BCUT2D eigenvalue weighted by atomic mass is 32.2. The van der Waals surface area contributed by atoms with Crippen molar-refractivity contribution in [2.24, 2.45) is 0 Å². The first kappa shape index (κ1) is 21.9. The summed E-state index contributed by atoms with van der Waals surface area (Å²) in [6, 6.07) is 7.14. The molecule has 1 aliphatic rings. The molecule has 0 atom stereocenters. The largest absolute Gasteiger partial charge is 0.338 e. The third-order valence-electron chi connectivity index (χ3n) is 4.74. The standard InChI is InChI=1S/C21H22N4O3S3/c1-3-22-20(28)23-15(26)11-30-21-24-17-16(14-8-5-9-29-19(14)31-17)18(27)25(21)13-7-4-6-12(2)10-13/h4,6-7,10H,3,5,8-9,11H2,1-2H3,(H2,22,23,26,28). The highest BCUT2D eigenvalue weighted by Crippen LogP contribution is 2.40. The molecule has 31 heavy (non-hydrogen) atoms. The molecule has 3 aromatic rings. The van der Waals surface area contributed by atoms with Crippen LogP contribution in [0.4, 0.5) is 4.79 Å². The number of fused-ring (bicyclic) bond motifs is 3. The molecule has 3 amide bonds. The minimum Gasteiger partial charge on any atom is -0.338 e. The molecule has 0 saturated heterocycles. The Morgan fingerprint density at radius 1 is 1.32 bits per heavy atom. The Morgan fingerprint density at radius 2 is 2.16 bits per heavy atom. The van der Waals surface area contributed by atoms with Gasteiger partial charge in [0.25, 0.3) is 5.56 Å². The lowest BCUT2D eigenvalue weighted by Crippen LogP contribution is -2.40. The quantitative estimate of drug-likeness (QED) is 0.432. The van der Waals surface area contributed by atoms with E-state index < -0.39 is 11.9 Å². The molecule has 2 N–H and O–H groups in total. The first-order chi connectivity index (χ1) is 15.0.